The number of pyridine rings is 1. The molecule has 0 bridgehead atoms. The lowest BCUT2D eigenvalue weighted by molar-refractivity contribution is 0.0697. The fourth-order valence-electron chi connectivity index (χ4n) is 1.22. The number of hydrogen-bond donors (Lipinski definition) is 3. The third kappa shape index (κ3) is 2.12. The molecule has 0 aliphatic heterocycles. The predicted molar refractivity (Wildman–Crippen MR) is 55.7 cm³/mol. The van der Waals surface area contributed by atoms with Gasteiger partial charge in [0.25, 0.3) is 5.56 Å². The minimum Gasteiger partial charge on any atom is -0.478 e. The van der Waals surface area contributed by atoms with Crippen LogP contribution >= 0.6 is 11.6 Å². The quantitative estimate of drug-likeness (QED) is 0.728. The van der Waals surface area contributed by atoms with Crippen LogP contribution in [0.3, 0.4) is 0 Å². The summed E-state index contributed by atoms with van der Waals surface area (Å²) in [5.74, 6) is -0.879. The highest BCUT2D eigenvalue weighted by Gasteiger charge is 2.24. The van der Waals surface area contributed by atoms with Crippen LogP contribution in [0.15, 0.2) is 10.9 Å². The molecule has 0 spiro atoms. The van der Waals surface area contributed by atoms with E-state index in [1.165, 1.54) is 0 Å². The van der Waals surface area contributed by atoms with Crippen molar-refractivity contribution < 1.29 is 9.90 Å². The van der Waals surface area contributed by atoms with Gasteiger partial charge in [0.15, 0.2) is 0 Å². The minimum absolute atomic E-state index is 0.00787. The Morgan fingerprint density at radius 1 is 1.60 bits per heavy atom. The van der Waals surface area contributed by atoms with Crippen molar-refractivity contribution in [2.75, 3.05) is 5.32 Å². The molecule has 1 aromatic rings. The molecule has 3 N–H and O–H groups in total. The van der Waals surface area contributed by atoms with Gasteiger partial charge in [-0.15, -0.1) is 0 Å². The zero-order chi connectivity index (χ0) is 11.0. The highest BCUT2D eigenvalue weighted by atomic mass is 35.5. The molecule has 15 heavy (non-hydrogen) atoms. The van der Waals surface area contributed by atoms with Crippen LogP contribution in [0.4, 0.5) is 5.82 Å². The van der Waals surface area contributed by atoms with Crippen LogP contribution in [0, 0.1) is 0 Å². The highest BCUT2D eigenvalue weighted by molar-refractivity contribution is 6.30. The number of aromatic amines is 1. The van der Waals surface area contributed by atoms with Crippen LogP contribution in [-0.2, 0) is 0 Å². The largest absolute Gasteiger partial charge is 0.478 e. The Balaban J connectivity index is 2.43. The summed E-state index contributed by atoms with van der Waals surface area (Å²) in [5.41, 5.74) is -0.490. The molecule has 1 aliphatic rings. The maximum Gasteiger partial charge on any atom is 0.339 e. The van der Waals surface area contributed by atoms with Crippen LogP contribution in [-0.4, -0.2) is 22.1 Å². The van der Waals surface area contributed by atoms with Crippen molar-refractivity contribution in [1.82, 2.24) is 4.98 Å². The molecule has 6 heteroatoms. The van der Waals surface area contributed by atoms with Crippen LogP contribution in [0.2, 0.25) is 5.02 Å². The van der Waals surface area contributed by atoms with Gasteiger partial charge in [-0.3, -0.25) is 4.79 Å². The molecule has 0 amide bonds. The molecule has 0 aromatic carbocycles. The van der Waals surface area contributed by atoms with Crippen LogP contribution < -0.4 is 10.9 Å². The zero-order valence-corrected chi connectivity index (χ0v) is 8.47. The number of aromatic carboxylic acids is 1. The van der Waals surface area contributed by atoms with Gasteiger partial charge in [0.2, 0.25) is 0 Å². The lowest BCUT2D eigenvalue weighted by Gasteiger charge is -2.07. The topological polar surface area (TPSA) is 82.2 Å². The summed E-state index contributed by atoms with van der Waals surface area (Å²) in [4.78, 5) is 24.5. The van der Waals surface area contributed by atoms with E-state index in [9.17, 15) is 9.59 Å². The first-order valence-corrected chi connectivity index (χ1v) is 4.88. The Bertz CT molecular complexity index is 465. The van der Waals surface area contributed by atoms with Gasteiger partial charge < -0.3 is 15.4 Å². The van der Waals surface area contributed by atoms with Gasteiger partial charge >= 0.3 is 5.97 Å². The molecule has 1 fully saturated rings. The molecule has 0 radical (unpaired) electrons. The first-order valence-electron chi connectivity index (χ1n) is 4.50. The average Bonchev–Trinajstić information content (AvgIpc) is 2.94. The SMILES string of the molecule is O=C(O)c1cc(Cl)c(=O)[nH]c1NC1CC1. The normalized spacial score (nSPS) is 15.0. The number of carboxylic acid groups (broad SMARTS) is 1. The molecule has 0 atom stereocenters. The first kappa shape index (κ1) is 10.0. The number of anilines is 1. The molecule has 1 aliphatic carbocycles. The van der Waals surface area contributed by atoms with Gasteiger partial charge in [-0.25, -0.2) is 4.79 Å². The van der Waals surface area contributed by atoms with Crippen molar-refractivity contribution in [3.05, 3.63) is 27.0 Å². The van der Waals surface area contributed by atoms with E-state index < -0.39 is 11.5 Å². The smallest absolute Gasteiger partial charge is 0.339 e. The summed E-state index contributed by atoms with van der Waals surface area (Å²) in [6.45, 7) is 0. The number of nitrogens with one attached hydrogen (secondary N) is 2. The summed E-state index contributed by atoms with van der Waals surface area (Å²) in [7, 11) is 0. The third-order valence-corrected chi connectivity index (χ3v) is 2.43. The lowest BCUT2D eigenvalue weighted by atomic mass is 10.2. The fourth-order valence-corrected chi connectivity index (χ4v) is 1.38. The van der Waals surface area contributed by atoms with E-state index in [1.54, 1.807) is 0 Å². The van der Waals surface area contributed by atoms with E-state index in [2.05, 4.69) is 10.3 Å². The second kappa shape index (κ2) is 3.58. The van der Waals surface area contributed by atoms with Crippen LogP contribution in [0.5, 0.6) is 0 Å². The lowest BCUT2D eigenvalue weighted by Crippen LogP contribution is -2.17. The maximum absolute atomic E-state index is 11.2. The van der Waals surface area contributed by atoms with Crippen LogP contribution in [0.25, 0.3) is 0 Å². The van der Waals surface area contributed by atoms with Gasteiger partial charge in [-0.1, -0.05) is 11.6 Å². The third-order valence-electron chi connectivity index (χ3n) is 2.15. The second-order valence-corrected chi connectivity index (χ2v) is 3.87. The monoisotopic (exact) mass is 228 g/mol. The second-order valence-electron chi connectivity index (χ2n) is 3.46. The summed E-state index contributed by atoms with van der Waals surface area (Å²) < 4.78 is 0. The molecular weight excluding hydrogens is 220 g/mol. The Hall–Kier alpha value is -1.49. The summed E-state index contributed by atoms with van der Waals surface area (Å²) in [6, 6.07) is 1.42. The maximum atomic E-state index is 11.2. The van der Waals surface area contributed by atoms with Crippen LogP contribution in [0.1, 0.15) is 23.2 Å². The molecule has 5 nitrogen and oxygen atoms in total. The number of carbonyl (C=O) groups is 1. The van der Waals surface area contributed by atoms with E-state index in [-0.39, 0.29) is 22.4 Å². The molecule has 1 heterocycles. The number of aromatic nitrogens is 1. The molecule has 80 valence electrons. The number of hydrogen-bond acceptors (Lipinski definition) is 3. The Morgan fingerprint density at radius 2 is 2.27 bits per heavy atom. The molecule has 0 saturated heterocycles. The number of carboxylic acids is 1. The number of H-pyrrole nitrogens is 1. The van der Waals surface area contributed by atoms with Crippen molar-refractivity contribution in [2.24, 2.45) is 0 Å². The fraction of sp³-hybridized carbons (Fsp3) is 0.333. The van der Waals surface area contributed by atoms with Gasteiger partial charge in [0, 0.05) is 6.04 Å². The molecule has 0 unspecified atom stereocenters. The zero-order valence-electron chi connectivity index (χ0n) is 7.71. The van der Waals surface area contributed by atoms with Crippen molar-refractivity contribution in [1.29, 1.82) is 0 Å². The van der Waals surface area contributed by atoms with Crippen molar-refractivity contribution in [3.63, 3.8) is 0 Å². The van der Waals surface area contributed by atoms with E-state index >= 15 is 0 Å². The number of halogens is 1. The Labute approximate surface area is 90.1 Å². The van der Waals surface area contributed by atoms with E-state index in [4.69, 9.17) is 16.7 Å². The summed E-state index contributed by atoms with van der Waals surface area (Å²) in [6.07, 6.45) is 1.98. The summed E-state index contributed by atoms with van der Waals surface area (Å²) >= 11 is 5.55. The first-order chi connectivity index (χ1) is 7.08. The van der Waals surface area contributed by atoms with E-state index in [1.807, 2.05) is 0 Å². The molecule has 2 rings (SSSR count). The summed E-state index contributed by atoms with van der Waals surface area (Å²) in [5, 5.41) is 11.7. The number of rotatable bonds is 3. The van der Waals surface area contributed by atoms with Crippen molar-refractivity contribution in [2.45, 2.75) is 18.9 Å². The van der Waals surface area contributed by atoms with Gasteiger partial charge in [-0.2, -0.15) is 0 Å². The van der Waals surface area contributed by atoms with Gasteiger partial charge in [0.05, 0.1) is 0 Å². The Kier molecular flexibility index (Phi) is 2.40. The van der Waals surface area contributed by atoms with Crippen molar-refractivity contribution >= 4 is 23.4 Å². The highest BCUT2D eigenvalue weighted by Crippen LogP contribution is 2.25. The predicted octanol–water partition coefficient (Wildman–Crippen LogP) is 1.30. The standard InChI is InChI=1S/C9H9ClN2O3/c10-6-3-5(9(14)15)7(12-8(6)13)11-4-1-2-4/h3-4H,1-2H2,(H,14,15)(H2,11,12,13). The molecule has 1 aromatic heterocycles. The van der Waals surface area contributed by atoms with E-state index in [0.717, 1.165) is 18.9 Å². The Morgan fingerprint density at radius 3 is 2.80 bits per heavy atom. The van der Waals surface area contributed by atoms with Crippen molar-refractivity contribution in [3.8, 4) is 0 Å². The van der Waals surface area contributed by atoms with Gasteiger partial charge in [-0.05, 0) is 18.9 Å². The molecular formula is C9H9ClN2O3. The van der Waals surface area contributed by atoms with Gasteiger partial charge in [0.1, 0.15) is 16.4 Å². The average molecular weight is 229 g/mol. The molecule has 1 saturated carbocycles. The minimum atomic E-state index is -1.11. The van der Waals surface area contributed by atoms with E-state index in [0.29, 0.717) is 0 Å².